The zero-order valence-corrected chi connectivity index (χ0v) is 12.3. The Bertz CT molecular complexity index is 412. The molecule has 0 spiro atoms. The van der Waals surface area contributed by atoms with Crippen molar-refractivity contribution in [1.29, 1.82) is 0 Å². The van der Waals surface area contributed by atoms with Gasteiger partial charge >= 0.3 is 0 Å². The van der Waals surface area contributed by atoms with E-state index in [1.165, 1.54) is 0 Å². The number of halogens is 1. The van der Waals surface area contributed by atoms with E-state index in [-0.39, 0.29) is 11.9 Å². The van der Waals surface area contributed by atoms with Crippen molar-refractivity contribution in [3.8, 4) is 5.75 Å². The zero-order valence-electron chi connectivity index (χ0n) is 11.6. The number of amides is 1. The number of carbonyl (C=O) groups is 1. The van der Waals surface area contributed by atoms with Gasteiger partial charge in [-0.2, -0.15) is 0 Å². The predicted octanol–water partition coefficient (Wildman–Crippen LogP) is 2.22. The quantitative estimate of drug-likeness (QED) is 0.807. The van der Waals surface area contributed by atoms with Gasteiger partial charge in [-0.25, -0.2) is 0 Å². The highest BCUT2D eigenvalue weighted by molar-refractivity contribution is 6.32. The van der Waals surface area contributed by atoms with Gasteiger partial charge < -0.3 is 15.4 Å². The van der Waals surface area contributed by atoms with E-state index < -0.39 is 6.10 Å². The van der Waals surface area contributed by atoms with Gasteiger partial charge in [-0.3, -0.25) is 4.79 Å². The van der Waals surface area contributed by atoms with Crippen molar-refractivity contribution in [3.05, 3.63) is 29.3 Å². The molecule has 0 aromatic heterocycles. The van der Waals surface area contributed by atoms with E-state index in [0.717, 1.165) is 6.54 Å². The van der Waals surface area contributed by atoms with E-state index in [1.54, 1.807) is 19.1 Å². The first kappa shape index (κ1) is 15.8. The molecule has 5 heteroatoms. The summed E-state index contributed by atoms with van der Waals surface area (Å²) in [6.45, 7) is 7.20. The average Bonchev–Trinajstić information content (AvgIpc) is 2.39. The van der Waals surface area contributed by atoms with Crippen molar-refractivity contribution in [3.63, 3.8) is 0 Å². The number of likely N-dealkylation sites (N-methyl/N-ethyl adjacent to an activating group) is 1. The van der Waals surface area contributed by atoms with E-state index in [9.17, 15) is 4.79 Å². The molecule has 0 saturated carbocycles. The van der Waals surface area contributed by atoms with Gasteiger partial charge in [0.15, 0.2) is 6.10 Å². The molecule has 1 amide bonds. The molecule has 0 heterocycles. The van der Waals surface area contributed by atoms with Crippen LogP contribution in [0.4, 0.5) is 0 Å². The molecule has 19 heavy (non-hydrogen) atoms. The van der Waals surface area contributed by atoms with Crippen LogP contribution in [0, 0.1) is 0 Å². The molecule has 2 N–H and O–H groups in total. The Morgan fingerprint density at radius 1 is 1.37 bits per heavy atom. The number of rotatable bonds is 7. The molecule has 0 aliphatic heterocycles. The first-order valence-electron chi connectivity index (χ1n) is 6.46. The van der Waals surface area contributed by atoms with Gasteiger partial charge in [-0.15, -0.1) is 0 Å². The minimum absolute atomic E-state index is 0.148. The fraction of sp³-hybridized carbons (Fsp3) is 0.500. The van der Waals surface area contributed by atoms with Crippen LogP contribution in [0.2, 0.25) is 5.02 Å². The van der Waals surface area contributed by atoms with Gasteiger partial charge in [0.25, 0.3) is 5.91 Å². The summed E-state index contributed by atoms with van der Waals surface area (Å²) in [6, 6.07) is 7.35. The summed E-state index contributed by atoms with van der Waals surface area (Å²) in [6.07, 6.45) is -0.575. The van der Waals surface area contributed by atoms with Crippen LogP contribution in [-0.4, -0.2) is 31.1 Å². The lowest BCUT2D eigenvalue weighted by atomic mass is 10.3. The molecule has 0 saturated heterocycles. The Kier molecular flexibility index (Phi) is 6.67. The minimum Gasteiger partial charge on any atom is -0.479 e. The van der Waals surface area contributed by atoms with Crippen LogP contribution in [-0.2, 0) is 4.79 Å². The van der Waals surface area contributed by atoms with E-state index >= 15 is 0 Å². The van der Waals surface area contributed by atoms with Crippen LogP contribution in [0.5, 0.6) is 5.75 Å². The number of carbonyl (C=O) groups excluding carboxylic acids is 1. The molecule has 0 radical (unpaired) electrons. The Morgan fingerprint density at radius 2 is 2.05 bits per heavy atom. The standard InChI is InChI=1S/C14H21ClN2O2/c1-4-16-10(2)9-17-14(18)11(3)19-13-8-6-5-7-12(13)15/h5-8,10-11,16H,4,9H2,1-3H3,(H,17,18)/t10-,11?/m1/s1. The summed E-state index contributed by atoms with van der Waals surface area (Å²) in [5.41, 5.74) is 0. The molecule has 2 atom stereocenters. The van der Waals surface area contributed by atoms with Crippen molar-refractivity contribution >= 4 is 17.5 Å². The molecular weight excluding hydrogens is 264 g/mol. The van der Waals surface area contributed by atoms with E-state index in [1.807, 2.05) is 26.0 Å². The van der Waals surface area contributed by atoms with Gasteiger partial charge in [-0.1, -0.05) is 30.7 Å². The maximum atomic E-state index is 11.9. The fourth-order valence-corrected chi connectivity index (χ4v) is 1.78. The highest BCUT2D eigenvalue weighted by atomic mass is 35.5. The summed E-state index contributed by atoms with van der Waals surface area (Å²) in [5, 5.41) is 6.56. The van der Waals surface area contributed by atoms with Crippen LogP contribution < -0.4 is 15.4 Å². The van der Waals surface area contributed by atoms with Crippen molar-refractivity contribution < 1.29 is 9.53 Å². The molecule has 1 aromatic carbocycles. The SMILES string of the molecule is CCN[C@H](C)CNC(=O)C(C)Oc1ccccc1Cl. The van der Waals surface area contributed by atoms with Crippen LogP contribution in [0.1, 0.15) is 20.8 Å². The maximum absolute atomic E-state index is 11.9. The minimum atomic E-state index is -0.575. The monoisotopic (exact) mass is 284 g/mol. The Hall–Kier alpha value is -1.26. The molecule has 1 unspecified atom stereocenters. The van der Waals surface area contributed by atoms with Crippen molar-refractivity contribution in [2.75, 3.05) is 13.1 Å². The van der Waals surface area contributed by atoms with Gasteiger partial charge in [-0.05, 0) is 32.5 Å². The van der Waals surface area contributed by atoms with E-state index in [4.69, 9.17) is 16.3 Å². The lowest BCUT2D eigenvalue weighted by molar-refractivity contribution is -0.127. The molecular formula is C14H21ClN2O2. The molecule has 0 aliphatic carbocycles. The molecule has 106 valence electrons. The largest absolute Gasteiger partial charge is 0.479 e. The maximum Gasteiger partial charge on any atom is 0.260 e. The van der Waals surface area contributed by atoms with Crippen molar-refractivity contribution in [2.24, 2.45) is 0 Å². The predicted molar refractivity (Wildman–Crippen MR) is 77.7 cm³/mol. The Labute approximate surface area is 119 Å². The van der Waals surface area contributed by atoms with Crippen molar-refractivity contribution in [1.82, 2.24) is 10.6 Å². The number of para-hydroxylation sites is 1. The first-order valence-corrected chi connectivity index (χ1v) is 6.84. The first-order chi connectivity index (χ1) is 9.04. The van der Waals surface area contributed by atoms with Crippen LogP contribution in [0.3, 0.4) is 0 Å². The normalized spacial score (nSPS) is 13.7. The highest BCUT2D eigenvalue weighted by Gasteiger charge is 2.16. The average molecular weight is 285 g/mol. The molecule has 0 aliphatic rings. The smallest absolute Gasteiger partial charge is 0.260 e. The number of hydrogen-bond acceptors (Lipinski definition) is 3. The van der Waals surface area contributed by atoms with Crippen molar-refractivity contribution in [2.45, 2.75) is 32.9 Å². The summed E-state index contributed by atoms with van der Waals surface area (Å²) in [7, 11) is 0. The Balaban J connectivity index is 2.43. The third-order valence-electron chi connectivity index (χ3n) is 2.64. The molecule has 0 bridgehead atoms. The van der Waals surface area contributed by atoms with Crippen LogP contribution >= 0.6 is 11.6 Å². The molecule has 1 rings (SSSR count). The van der Waals surface area contributed by atoms with Gasteiger partial charge in [0.1, 0.15) is 5.75 Å². The molecule has 1 aromatic rings. The van der Waals surface area contributed by atoms with Gasteiger partial charge in [0.05, 0.1) is 5.02 Å². The Morgan fingerprint density at radius 3 is 2.68 bits per heavy atom. The van der Waals surface area contributed by atoms with E-state index in [0.29, 0.717) is 17.3 Å². The number of benzene rings is 1. The summed E-state index contributed by atoms with van der Waals surface area (Å²) in [5.74, 6) is 0.372. The summed E-state index contributed by atoms with van der Waals surface area (Å²) >= 11 is 5.98. The van der Waals surface area contributed by atoms with E-state index in [2.05, 4.69) is 10.6 Å². The third-order valence-corrected chi connectivity index (χ3v) is 2.96. The third kappa shape index (κ3) is 5.49. The highest BCUT2D eigenvalue weighted by Crippen LogP contribution is 2.24. The molecule has 0 fully saturated rings. The second-order valence-corrected chi connectivity index (χ2v) is 4.80. The van der Waals surface area contributed by atoms with Gasteiger partial charge in [0, 0.05) is 12.6 Å². The second kappa shape index (κ2) is 8.02. The summed E-state index contributed by atoms with van der Waals surface area (Å²) < 4.78 is 5.53. The molecule has 4 nitrogen and oxygen atoms in total. The van der Waals surface area contributed by atoms with Gasteiger partial charge in [0.2, 0.25) is 0 Å². The lowest BCUT2D eigenvalue weighted by Gasteiger charge is -2.18. The number of ether oxygens (including phenoxy) is 1. The topological polar surface area (TPSA) is 50.4 Å². The number of hydrogen-bond donors (Lipinski definition) is 2. The zero-order chi connectivity index (χ0) is 14.3. The summed E-state index contributed by atoms with van der Waals surface area (Å²) in [4.78, 5) is 11.9. The fourth-order valence-electron chi connectivity index (χ4n) is 1.60. The lowest BCUT2D eigenvalue weighted by Crippen LogP contribution is -2.43. The second-order valence-electron chi connectivity index (χ2n) is 4.39. The van der Waals surface area contributed by atoms with Crippen LogP contribution in [0.25, 0.3) is 0 Å². The van der Waals surface area contributed by atoms with Crippen LogP contribution in [0.15, 0.2) is 24.3 Å². The number of nitrogens with one attached hydrogen (secondary N) is 2.